The van der Waals surface area contributed by atoms with Crippen molar-refractivity contribution in [2.75, 3.05) is 17.7 Å². The van der Waals surface area contributed by atoms with Gasteiger partial charge in [-0.2, -0.15) is 4.98 Å². The number of nitrogens with zero attached hydrogens (tertiary/aromatic N) is 2. The summed E-state index contributed by atoms with van der Waals surface area (Å²) >= 11 is 3.42. The molecule has 0 radical (unpaired) electrons. The normalized spacial score (nSPS) is 12.7. The van der Waals surface area contributed by atoms with Crippen molar-refractivity contribution in [3.05, 3.63) is 10.7 Å². The van der Waals surface area contributed by atoms with Crippen LogP contribution in [0.15, 0.2) is 10.7 Å². The first-order chi connectivity index (χ1) is 7.04. The summed E-state index contributed by atoms with van der Waals surface area (Å²) in [7, 11) is 1.80. The van der Waals surface area contributed by atoms with Crippen LogP contribution < -0.4 is 10.6 Å². The van der Waals surface area contributed by atoms with Crippen molar-refractivity contribution in [2.45, 2.75) is 26.8 Å². The van der Waals surface area contributed by atoms with Crippen molar-refractivity contribution in [1.29, 1.82) is 0 Å². The first kappa shape index (κ1) is 12.2. The van der Waals surface area contributed by atoms with Gasteiger partial charge in [0.1, 0.15) is 5.82 Å². The highest BCUT2D eigenvalue weighted by Gasteiger charge is 2.10. The zero-order chi connectivity index (χ0) is 11.4. The molecule has 15 heavy (non-hydrogen) atoms. The summed E-state index contributed by atoms with van der Waals surface area (Å²) in [6, 6.07) is 0.376. The van der Waals surface area contributed by atoms with Gasteiger partial charge in [0, 0.05) is 19.3 Å². The highest BCUT2D eigenvalue weighted by molar-refractivity contribution is 9.10. The van der Waals surface area contributed by atoms with Gasteiger partial charge in [0.2, 0.25) is 5.95 Å². The molecule has 2 N–H and O–H groups in total. The molecule has 1 aromatic rings. The van der Waals surface area contributed by atoms with E-state index in [0.717, 1.165) is 10.3 Å². The second-order valence-electron chi connectivity index (χ2n) is 3.82. The van der Waals surface area contributed by atoms with Gasteiger partial charge in [0.15, 0.2) is 0 Å². The molecule has 4 nitrogen and oxygen atoms in total. The summed E-state index contributed by atoms with van der Waals surface area (Å²) in [5, 5.41) is 6.26. The monoisotopic (exact) mass is 272 g/mol. The van der Waals surface area contributed by atoms with Crippen LogP contribution in [-0.2, 0) is 0 Å². The Bertz CT molecular complexity index is 327. The van der Waals surface area contributed by atoms with Crippen molar-refractivity contribution in [3.8, 4) is 0 Å². The molecule has 0 fully saturated rings. The molecule has 0 aliphatic carbocycles. The van der Waals surface area contributed by atoms with Crippen LogP contribution >= 0.6 is 15.9 Å². The molecule has 0 bridgehead atoms. The van der Waals surface area contributed by atoms with Gasteiger partial charge in [-0.3, -0.25) is 0 Å². The fourth-order valence-corrected chi connectivity index (χ4v) is 1.28. The average Bonchev–Trinajstić information content (AvgIpc) is 2.21. The highest BCUT2D eigenvalue weighted by Crippen LogP contribution is 2.21. The molecular formula is C10H17BrN4. The zero-order valence-corrected chi connectivity index (χ0v) is 11.1. The molecule has 0 saturated heterocycles. The molecule has 1 atom stereocenters. The minimum atomic E-state index is 0.376. The standard InChI is InChI=1S/C10H17BrN4/c1-6(2)7(3)14-9-8(11)5-13-10(12-4)15-9/h5-7H,1-4H3,(H2,12,13,14,15). The predicted molar refractivity (Wildman–Crippen MR) is 67.2 cm³/mol. The molecule has 1 unspecified atom stereocenters. The summed E-state index contributed by atoms with van der Waals surface area (Å²) in [5.74, 6) is 2.01. The highest BCUT2D eigenvalue weighted by atomic mass is 79.9. The predicted octanol–water partition coefficient (Wildman–Crippen LogP) is 2.74. The Morgan fingerprint density at radius 3 is 2.53 bits per heavy atom. The zero-order valence-electron chi connectivity index (χ0n) is 9.50. The number of halogens is 1. The van der Waals surface area contributed by atoms with E-state index in [1.807, 2.05) is 0 Å². The quantitative estimate of drug-likeness (QED) is 0.885. The maximum atomic E-state index is 4.33. The summed E-state index contributed by atoms with van der Waals surface area (Å²) < 4.78 is 0.883. The van der Waals surface area contributed by atoms with E-state index in [-0.39, 0.29) is 0 Å². The van der Waals surface area contributed by atoms with E-state index in [4.69, 9.17) is 0 Å². The van der Waals surface area contributed by atoms with Crippen molar-refractivity contribution in [2.24, 2.45) is 5.92 Å². The summed E-state index contributed by atoms with van der Waals surface area (Å²) in [4.78, 5) is 8.43. The first-order valence-corrected chi connectivity index (χ1v) is 5.80. The lowest BCUT2D eigenvalue weighted by molar-refractivity contribution is 0.558. The molecule has 0 saturated carbocycles. The molecular weight excluding hydrogens is 256 g/mol. The minimum absolute atomic E-state index is 0.376. The van der Waals surface area contributed by atoms with Crippen LogP contribution in [-0.4, -0.2) is 23.1 Å². The Labute approximate surface area is 99.0 Å². The summed E-state index contributed by atoms with van der Waals surface area (Å²) in [6.45, 7) is 6.48. The van der Waals surface area contributed by atoms with Gasteiger partial charge >= 0.3 is 0 Å². The van der Waals surface area contributed by atoms with Crippen LogP contribution in [0.25, 0.3) is 0 Å². The van der Waals surface area contributed by atoms with Gasteiger partial charge in [-0.15, -0.1) is 0 Å². The lowest BCUT2D eigenvalue weighted by Crippen LogP contribution is -2.22. The Balaban J connectivity index is 2.83. The average molecular weight is 273 g/mol. The second-order valence-corrected chi connectivity index (χ2v) is 4.67. The van der Waals surface area contributed by atoms with Crippen LogP contribution in [0.4, 0.5) is 11.8 Å². The molecule has 0 aliphatic rings. The molecule has 1 heterocycles. The number of rotatable bonds is 4. The van der Waals surface area contributed by atoms with Crippen LogP contribution in [0, 0.1) is 5.92 Å². The number of hydrogen-bond acceptors (Lipinski definition) is 4. The van der Waals surface area contributed by atoms with E-state index in [0.29, 0.717) is 17.9 Å². The lowest BCUT2D eigenvalue weighted by Gasteiger charge is -2.19. The summed E-state index contributed by atoms with van der Waals surface area (Å²) in [5.41, 5.74) is 0. The van der Waals surface area contributed by atoms with Crippen LogP contribution in [0.2, 0.25) is 0 Å². The minimum Gasteiger partial charge on any atom is -0.366 e. The lowest BCUT2D eigenvalue weighted by atomic mass is 10.1. The van der Waals surface area contributed by atoms with E-state index in [1.165, 1.54) is 0 Å². The van der Waals surface area contributed by atoms with Gasteiger partial charge in [-0.1, -0.05) is 13.8 Å². The number of hydrogen-bond donors (Lipinski definition) is 2. The topological polar surface area (TPSA) is 49.8 Å². The summed E-state index contributed by atoms with van der Waals surface area (Å²) in [6.07, 6.45) is 1.74. The molecule has 1 rings (SSSR count). The van der Waals surface area contributed by atoms with Crippen molar-refractivity contribution >= 4 is 27.7 Å². The second kappa shape index (κ2) is 5.30. The Morgan fingerprint density at radius 1 is 1.33 bits per heavy atom. The van der Waals surface area contributed by atoms with Gasteiger partial charge in [0.05, 0.1) is 4.47 Å². The van der Waals surface area contributed by atoms with Crippen molar-refractivity contribution in [3.63, 3.8) is 0 Å². The Morgan fingerprint density at radius 2 is 2.00 bits per heavy atom. The van der Waals surface area contributed by atoms with Gasteiger partial charge < -0.3 is 10.6 Å². The smallest absolute Gasteiger partial charge is 0.224 e. The Hall–Kier alpha value is -0.840. The molecule has 0 aliphatic heterocycles. The van der Waals surface area contributed by atoms with E-state index >= 15 is 0 Å². The molecule has 0 spiro atoms. The third-order valence-corrected chi connectivity index (χ3v) is 2.91. The maximum absolute atomic E-state index is 4.33. The van der Waals surface area contributed by atoms with Gasteiger partial charge in [0.25, 0.3) is 0 Å². The van der Waals surface area contributed by atoms with E-state index < -0.39 is 0 Å². The van der Waals surface area contributed by atoms with Gasteiger partial charge in [-0.25, -0.2) is 4.98 Å². The van der Waals surface area contributed by atoms with Crippen LogP contribution in [0.5, 0.6) is 0 Å². The molecule has 0 amide bonds. The molecule has 5 heteroatoms. The van der Waals surface area contributed by atoms with Crippen LogP contribution in [0.3, 0.4) is 0 Å². The molecule has 1 aromatic heterocycles. The third-order valence-electron chi connectivity index (χ3n) is 2.33. The van der Waals surface area contributed by atoms with Crippen LogP contribution in [0.1, 0.15) is 20.8 Å². The van der Waals surface area contributed by atoms with E-state index in [9.17, 15) is 0 Å². The Kier molecular flexibility index (Phi) is 4.32. The first-order valence-electron chi connectivity index (χ1n) is 5.01. The van der Waals surface area contributed by atoms with Crippen molar-refractivity contribution < 1.29 is 0 Å². The molecule has 84 valence electrons. The van der Waals surface area contributed by atoms with Crippen molar-refractivity contribution in [1.82, 2.24) is 9.97 Å². The largest absolute Gasteiger partial charge is 0.366 e. The number of anilines is 2. The SMILES string of the molecule is CNc1ncc(Br)c(NC(C)C(C)C)n1. The van der Waals surface area contributed by atoms with Gasteiger partial charge in [-0.05, 0) is 28.8 Å². The maximum Gasteiger partial charge on any atom is 0.224 e. The van der Waals surface area contributed by atoms with E-state index in [2.05, 4.69) is 57.3 Å². The fourth-order valence-electron chi connectivity index (χ4n) is 0.971. The third kappa shape index (κ3) is 3.34. The molecule has 0 aromatic carbocycles. The number of nitrogens with one attached hydrogen (secondary N) is 2. The fraction of sp³-hybridized carbons (Fsp3) is 0.600. The number of aromatic nitrogens is 2. The van der Waals surface area contributed by atoms with E-state index in [1.54, 1.807) is 13.2 Å².